The van der Waals surface area contributed by atoms with E-state index in [1.165, 1.54) is 4.90 Å². The molecule has 5 heteroatoms. The Labute approximate surface area is 75.2 Å². The molecule has 3 aliphatic rings. The molecule has 0 bridgehead atoms. The minimum atomic E-state index is -0.509. The van der Waals surface area contributed by atoms with Gasteiger partial charge in [0.25, 0.3) is 0 Å². The number of carbonyl (C=O) groups is 1. The maximum atomic E-state index is 11.2. The number of amides is 1. The van der Waals surface area contributed by atoms with Gasteiger partial charge in [-0.25, -0.2) is 4.79 Å². The first-order valence-electron chi connectivity index (χ1n) is 4.45. The molecule has 2 heterocycles. The molecule has 0 aromatic carbocycles. The van der Waals surface area contributed by atoms with Crippen LogP contribution in [0.2, 0.25) is 0 Å². The zero-order valence-electron chi connectivity index (χ0n) is 7.21. The first-order valence-corrected chi connectivity index (χ1v) is 4.45. The largest absolute Gasteiger partial charge is 0.441 e. The smallest absolute Gasteiger partial charge is 0.410 e. The molecular weight excluding hydrogens is 174 g/mol. The van der Waals surface area contributed by atoms with Crippen LogP contribution >= 0.6 is 0 Å². The fourth-order valence-electron chi connectivity index (χ4n) is 2.36. The number of fused-ring (bicyclic) bond motifs is 3. The molecule has 3 fully saturated rings. The van der Waals surface area contributed by atoms with Gasteiger partial charge in [-0.05, 0) is 0 Å². The van der Waals surface area contributed by atoms with E-state index in [1.54, 1.807) is 7.05 Å². The van der Waals surface area contributed by atoms with Crippen molar-refractivity contribution in [3.63, 3.8) is 0 Å². The lowest BCUT2D eigenvalue weighted by Gasteiger charge is -2.28. The minimum Gasteiger partial charge on any atom is -0.441 e. The number of carbonyl (C=O) groups excluding carboxylic acids is 1. The van der Waals surface area contributed by atoms with Gasteiger partial charge in [-0.1, -0.05) is 0 Å². The summed E-state index contributed by atoms with van der Waals surface area (Å²) >= 11 is 0. The van der Waals surface area contributed by atoms with Crippen LogP contribution in [0.3, 0.4) is 0 Å². The predicted molar refractivity (Wildman–Crippen MR) is 41.1 cm³/mol. The van der Waals surface area contributed by atoms with Crippen LogP contribution < -0.4 is 0 Å². The van der Waals surface area contributed by atoms with E-state index >= 15 is 0 Å². The fourth-order valence-corrected chi connectivity index (χ4v) is 2.36. The third-order valence-electron chi connectivity index (χ3n) is 3.12. The van der Waals surface area contributed by atoms with Crippen LogP contribution in [0.5, 0.6) is 0 Å². The van der Waals surface area contributed by atoms with E-state index in [1.807, 2.05) is 0 Å². The minimum absolute atomic E-state index is 0.0299. The molecule has 1 saturated carbocycles. The zero-order valence-corrected chi connectivity index (χ0v) is 7.21. The van der Waals surface area contributed by atoms with Gasteiger partial charge in [0.05, 0.1) is 12.2 Å². The summed E-state index contributed by atoms with van der Waals surface area (Å²) < 4.78 is 10.4. The number of nitrogens with zero attached hydrogens (tertiary/aromatic N) is 1. The highest BCUT2D eigenvalue weighted by Gasteiger charge is 2.61. The summed E-state index contributed by atoms with van der Waals surface area (Å²) in [6.45, 7) is 0. The molecule has 1 N–H and O–H groups in total. The summed E-state index contributed by atoms with van der Waals surface area (Å²) in [4.78, 5) is 12.7. The first kappa shape index (κ1) is 7.58. The lowest BCUT2D eigenvalue weighted by atomic mass is 9.90. The number of aliphatic hydroxyl groups is 1. The topological polar surface area (TPSA) is 62.3 Å². The van der Waals surface area contributed by atoms with Gasteiger partial charge >= 0.3 is 6.09 Å². The Morgan fingerprint density at radius 2 is 2.31 bits per heavy atom. The predicted octanol–water partition coefficient (Wildman–Crippen LogP) is -0.662. The summed E-state index contributed by atoms with van der Waals surface area (Å²) in [6.07, 6.45) is -0.369. The molecule has 3 rings (SSSR count). The molecule has 0 aromatic heterocycles. The summed E-state index contributed by atoms with van der Waals surface area (Å²) in [5, 5.41) is 9.71. The van der Waals surface area contributed by atoms with Crippen LogP contribution in [-0.2, 0) is 9.47 Å². The van der Waals surface area contributed by atoms with Crippen LogP contribution in [0.1, 0.15) is 6.42 Å². The van der Waals surface area contributed by atoms with Gasteiger partial charge in [-0.15, -0.1) is 0 Å². The van der Waals surface area contributed by atoms with E-state index in [-0.39, 0.29) is 30.4 Å². The number of hydrogen-bond donors (Lipinski definition) is 1. The standard InChI is InChI=1S/C8H11NO4/c1-9-5-3(10)2-4-6(12-4)7(5)13-8(9)11/h3-7,10H,2H2,1H3/t3-,4+,5-,6+,7-/m1/s1. The first-order chi connectivity index (χ1) is 6.18. The average Bonchev–Trinajstić information content (AvgIpc) is 2.76. The highest BCUT2D eigenvalue weighted by atomic mass is 16.6. The van der Waals surface area contributed by atoms with E-state index in [0.717, 1.165) is 0 Å². The molecule has 2 aliphatic heterocycles. The molecule has 0 spiro atoms. The Bertz CT molecular complexity index is 269. The summed E-state index contributed by atoms with van der Waals surface area (Å²) in [5.74, 6) is 0. The van der Waals surface area contributed by atoms with Crippen molar-refractivity contribution < 1.29 is 19.4 Å². The summed E-state index contributed by atoms with van der Waals surface area (Å²) in [6, 6.07) is -0.212. The maximum absolute atomic E-state index is 11.2. The van der Waals surface area contributed by atoms with Crippen LogP contribution in [-0.4, -0.2) is 53.6 Å². The molecule has 0 aromatic rings. The number of rotatable bonds is 0. The van der Waals surface area contributed by atoms with E-state index in [0.29, 0.717) is 6.42 Å². The third-order valence-corrected chi connectivity index (χ3v) is 3.12. The van der Waals surface area contributed by atoms with Gasteiger partial charge in [0.2, 0.25) is 0 Å². The molecule has 5 nitrogen and oxygen atoms in total. The Hall–Kier alpha value is -0.810. The van der Waals surface area contributed by atoms with Gasteiger partial charge in [0, 0.05) is 13.5 Å². The van der Waals surface area contributed by atoms with Crippen molar-refractivity contribution in [1.29, 1.82) is 0 Å². The van der Waals surface area contributed by atoms with Crippen molar-refractivity contribution in [2.75, 3.05) is 7.05 Å². The monoisotopic (exact) mass is 185 g/mol. The van der Waals surface area contributed by atoms with Gasteiger partial charge < -0.3 is 19.5 Å². The molecule has 0 unspecified atom stereocenters. The van der Waals surface area contributed by atoms with E-state index in [9.17, 15) is 9.90 Å². The van der Waals surface area contributed by atoms with Crippen molar-refractivity contribution in [2.45, 2.75) is 36.9 Å². The SMILES string of the molecule is CN1C(=O)O[C@H]2[C@H]3O[C@H]3C[C@@H](O)[C@H]21. The second kappa shape index (κ2) is 2.16. The normalized spacial score (nSPS) is 52.6. The molecule has 0 radical (unpaired) electrons. The van der Waals surface area contributed by atoms with Gasteiger partial charge in [0.15, 0.2) is 6.10 Å². The van der Waals surface area contributed by atoms with Gasteiger partial charge in [0.1, 0.15) is 12.1 Å². The van der Waals surface area contributed by atoms with Crippen LogP contribution in [0, 0.1) is 0 Å². The second-order valence-electron chi connectivity index (χ2n) is 3.89. The number of ether oxygens (including phenoxy) is 2. The molecule has 2 saturated heterocycles. The van der Waals surface area contributed by atoms with Crippen molar-refractivity contribution in [2.24, 2.45) is 0 Å². The van der Waals surface area contributed by atoms with Crippen LogP contribution in [0.15, 0.2) is 0 Å². The fraction of sp³-hybridized carbons (Fsp3) is 0.875. The molecule has 1 aliphatic carbocycles. The zero-order chi connectivity index (χ0) is 9.16. The Kier molecular flexibility index (Phi) is 1.26. The Morgan fingerprint density at radius 1 is 1.54 bits per heavy atom. The number of epoxide rings is 1. The number of likely N-dealkylation sites (N-methyl/N-ethyl adjacent to an activating group) is 1. The highest BCUT2D eigenvalue weighted by molar-refractivity contribution is 5.71. The second-order valence-corrected chi connectivity index (χ2v) is 3.89. The van der Waals surface area contributed by atoms with Crippen LogP contribution in [0.25, 0.3) is 0 Å². The Balaban J connectivity index is 1.91. The van der Waals surface area contributed by atoms with Crippen LogP contribution in [0.4, 0.5) is 4.79 Å². The molecule has 13 heavy (non-hydrogen) atoms. The lowest BCUT2D eigenvalue weighted by molar-refractivity contribution is 0.0368. The van der Waals surface area contributed by atoms with Gasteiger partial charge in [-0.3, -0.25) is 0 Å². The quantitative estimate of drug-likeness (QED) is 0.509. The summed E-state index contributed by atoms with van der Waals surface area (Å²) in [7, 11) is 1.65. The van der Waals surface area contributed by atoms with E-state index < -0.39 is 6.10 Å². The van der Waals surface area contributed by atoms with Crippen molar-refractivity contribution in [3.05, 3.63) is 0 Å². The number of hydrogen-bond acceptors (Lipinski definition) is 4. The van der Waals surface area contributed by atoms with Crippen molar-refractivity contribution >= 4 is 6.09 Å². The molecule has 72 valence electrons. The maximum Gasteiger partial charge on any atom is 0.410 e. The lowest BCUT2D eigenvalue weighted by Crippen LogP contribution is -2.49. The van der Waals surface area contributed by atoms with E-state index in [2.05, 4.69) is 0 Å². The van der Waals surface area contributed by atoms with Crippen molar-refractivity contribution in [1.82, 2.24) is 4.90 Å². The van der Waals surface area contributed by atoms with Gasteiger partial charge in [-0.2, -0.15) is 0 Å². The molecule has 5 atom stereocenters. The molecular formula is C8H11NO4. The average molecular weight is 185 g/mol. The summed E-state index contributed by atoms with van der Waals surface area (Å²) in [5.41, 5.74) is 0. The Morgan fingerprint density at radius 3 is 3.08 bits per heavy atom. The highest BCUT2D eigenvalue weighted by Crippen LogP contribution is 2.42. The van der Waals surface area contributed by atoms with E-state index in [4.69, 9.17) is 9.47 Å². The third kappa shape index (κ3) is 0.858. The number of aliphatic hydroxyl groups excluding tert-OH is 1. The van der Waals surface area contributed by atoms with Crippen molar-refractivity contribution in [3.8, 4) is 0 Å². The molecule has 1 amide bonds.